The lowest BCUT2D eigenvalue weighted by Crippen LogP contribution is -2.54. The molecule has 0 amide bonds. The number of nitrogens with zero attached hydrogens (tertiary/aromatic N) is 4. The SMILES string of the molecule is C#C[C@@]1(N)C(O)[C@@H]([C@H](C)N=O)O[C@H]1n1cnc2c(=S)nc(N)[nH]c21. The third-order valence-electron chi connectivity index (χ3n) is 4.10. The van der Waals surface area contributed by atoms with Crippen LogP contribution in [0.1, 0.15) is 13.2 Å². The van der Waals surface area contributed by atoms with Gasteiger partial charge in [-0.15, -0.1) is 6.42 Å². The van der Waals surface area contributed by atoms with E-state index in [-0.39, 0.29) is 10.6 Å². The molecule has 1 aliphatic rings. The zero-order chi connectivity index (χ0) is 17.6. The molecule has 1 aliphatic heterocycles. The summed E-state index contributed by atoms with van der Waals surface area (Å²) in [5.41, 5.74) is 11.0. The van der Waals surface area contributed by atoms with Gasteiger partial charge in [0.05, 0.1) is 6.33 Å². The molecule has 10 nitrogen and oxygen atoms in total. The maximum absolute atomic E-state index is 10.8. The number of hydrogen-bond donors (Lipinski definition) is 4. The first-order valence-electron chi connectivity index (χ1n) is 6.98. The van der Waals surface area contributed by atoms with Crippen LogP contribution in [0.2, 0.25) is 0 Å². The van der Waals surface area contributed by atoms with Crippen molar-refractivity contribution in [3.8, 4) is 12.3 Å². The molecule has 126 valence electrons. The van der Waals surface area contributed by atoms with Crippen LogP contribution in [-0.4, -0.2) is 48.4 Å². The summed E-state index contributed by atoms with van der Waals surface area (Å²) in [6.45, 7) is 1.50. The van der Waals surface area contributed by atoms with Crippen molar-refractivity contribution in [2.45, 2.75) is 36.9 Å². The Morgan fingerprint density at radius 2 is 2.42 bits per heavy atom. The summed E-state index contributed by atoms with van der Waals surface area (Å²) in [5, 5.41) is 13.4. The van der Waals surface area contributed by atoms with Crippen LogP contribution in [0.4, 0.5) is 5.95 Å². The number of aliphatic hydroxyl groups is 1. The van der Waals surface area contributed by atoms with E-state index in [0.717, 1.165) is 0 Å². The molecule has 3 rings (SSSR count). The minimum absolute atomic E-state index is 0.0793. The van der Waals surface area contributed by atoms with Gasteiger partial charge in [0.25, 0.3) is 0 Å². The standard InChI is InChI=1S/C13H15N7O3S/c1-3-13(15)8(21)7(5(2)19-22)23-11(13)20-4-16-6-9(20)17-12(14)18-10(6)24/h1,4-5,7-8,11,21H,15H2,2H3,(H3,14,17,18,24)/t5-,7+,8?,11+,13+/m0/s1. The number of aliphatic hydroxyl groups excluding tert-OH is 1. The summed E-state index contributed by atoms with van der Waals surface area (Å²) >= 11 is 5.12. The number of aromatic amines is 1. The second kappa shape index (κ2) is 5.60. The van der Waals surface area contributed by atoms with Crippen molar-refractivity contribution in [2.75, 3.05) is 5.73 Å². The van der Waals surface area contributed by atoms with E-state index in [1.165, 1.54) is 17.8 Å². The van der Waals surface area contributed by atoms with Crippen LogP contribution in [0, 0.1) is 21.9 Å². The molecule has 0 spiro atoms. The van der Waals surface area contributed by atoms with Gasteiger partial charge in [0.1, 0.15) is 29.4 Å². The van der Waals surface area contributed by atoms with Crippen molar-refractivity contribution in [3.63, 3.8) is 0 Å². The lowest BCUT2D eigenvalue weighted by atomic mass is 9.90. The molecule has 1 saturated heterocycles. The lowest BCUT2D eigenvalue weighted by molar-refractivity contribution is -0.0289. The van der Waals surface area contributed by atoms with E-state index in [1.807, 2.05) is 0 Å². The molecule has 3 heterocycles. The van der Waals surface area contributed by atoms with Crippen molar-refractivity contribution in [3.05, 3.63) is 15.9 Å². The van der Waals surface area contributed by atoms with Gasteiger partial charge in [0.2, 0.25) is 0 Å². The van der Waals surface area contributed by atoms with E-state index < -0.39 is 30.0 Å². The predicted molar refractivity (Wildman–Crippen MR) is 88.1 cm³/mol. The zero-order valence-corrected chi connectivity index (χ0v) is 13.4. The highest BCUT2D eigenvalue weighted by atomic mass is 32.1. The summed E-state index contributed by atoms with van der Waals surface area (Å²) in [5.74, 6) is 2.43. The van der Waals surface area contributed by atoms with Gasteiger partial charge in [0.15, 0.2) is 22.4 Å². The third-order valence-corrected chi connectivity index (χ3v) is 4.39. The number of rotatable bonds is 3. The van der Waals surface area contributed by atoms with Gasteiger partial charge in [-0.05, 0) is 6.92 Å². The summed E-state index contributed by atoms with van der Waals surface area (Å²) in [7, 11) is 0. The molecular weight excluding hydrogens is 334 g/mol. The first-order valence-corrected chi connectivity index (χ1v) is 7.39. The highest BCUT2D eigenvalue weighted by molar-refractivity contribution is 7.71. The van der Waals surface area contributed by atoms with Crippen LogP contribution in [0.25, 0.3) is 11.2 Å². The maximum atomic E-state index is 10.8. The van der Waals surface area contributed by atoms with Gasteiger partial charge in [-0.1, -0.05) is 23.3 Å². The number of ether oxygens (including phenoxy) is 1. The number of nitrogens with one attached hydrogen (secondary N) is 1. The number of fused-ring (bicyclic) bond motifs is 1. The van der Waals surface area contributed by atoms with Crippen molar-refractivity contribution in [1.29, 1.82) is 0 Å². The fraction of sp³-hybridized carbons (Fsp3) is 0.462. The lowest BCUT2D eigenvalue weighted by Gasteiger charge is -2.27. The van der Waals surface area contributed by atoms with E-state index in [9.17, 15) is 10.0 Å². The molecule has 24 heavy (non-hydrogen) atoms. The minimum Gasteiger partial charge on any atom is -0.387 e. The topological polar surface area (TPSA) is 157 Å². The Labute approximate surface area is 141 Å². The second-order valence-electron chi connectivity index (χ2n) is 5.60. The highest BCUT2D eigenvalue weighted by Crippen LogP contribution is 2.39. The molecule has 0 bridgehead atoms. The van der Waals surface area contributed by atoms with Crippen molar-refractivity contribution >= 4 is 29.3 Å². The Kier molecular flexibility index (Phi) is 3.84. The van der Waals surface area contributed by atoms with E-state index >= 15 is 0 Å². The van der Waals surface area contributed by atoms with Gasteiger partial charge in [-0.3, -0.25) is 4.57 Å². The van der Waals surface area contributed by atoms with Crippen LogP contribution < -0.4 is 11.5 Å². The van der Waals surface area contributed by atoms with E-state index in [2.05, 4.69) is 26.0 Å². The number of imidazole rings is 1. The Morgan fingerprint density at radius 3 is 3.04 bits per heavy atom. The molecule has 1 unspecified atom stereocenters. The van der Waals surface area contributed by atoms with Crippen molar-refractivity contribution in [2.24, 2.45) is 10.9 Å². The number of hydrogen-bond acceptors (Lipinski definition) is 9. The Hall–Kier alpha value is -2.39. The first kappa shape index (κ1) is 16.5. The number of H-pyrrole nitrogens is 1. The average molecular weight is 349 g/mol. The molecule has 0 aliphatic carbocycles. The summed E-state index contributed by atoms with van der Waals surface area (Å²) < 4.78 is 7.43. The van der Waals surface area contributed by atoms with Crippen LogP contribution in [-0.2, 0) is 4.74 Å². The summed E-state index contributed by atoms with van der Waals surface area (Å²) in [6, 6.07) is -0.846. The molecule has 5 atom stereocenters. The van der Waals surface area contributed by atoms with Crippen molar-refractivity contribution < 1.29 is 9.84 Å². The zero-order valence-electron chi connectivity index (χ0n) is 12.6. The van der Waals surface area contributed by atoms with Gasteiger partial charge in [-0.2, -0.15) is 4.91 Å². The van der Waals surface area contributed by atoms with E-state index in [4.69, 9.17) is 34.8 Å². The molecule has 11 heteroatoms. The number of anilines is 1. The molecule has 0 aromatic carbocycles. The van der Waals surface area contributed by atoms with Crippen LogP contribution in [0.5, 0.6) is 0 Å². The monoisotopic (exact) mass is 349 g/mol. The van der Waals surface area contributed by atoms with Crippen LogP contribution in [0.15, 0.2) is 11.5 Å². The molecule has 2 aromatic rings. The van der Waals surface area contributed by atoms with Crippen LogP contribution >= 0.6 is 12.2 Å². The largest absolute Gasteiger partial charge is 0.387 e. The predicted octanol–water partition coefficient (Wildman–Crippen LogP) is -0.185. The van der Waals surface area contributed by atoms with E-state index in [1.54, 1.807) is 0 Å². The fourth-order valence-corrected chi connectivity index (χ4v) is 3.02. The number of aromatic nitrogens is 4. The molecular formula is C13H15N7O3S. The summed E-state index contributed by atoms with van der Waals surface area (Å²) in [6.07, 6.45) is 3.66. The Bertz CT molecular complexity index is 903. The number of nitrogens with two attached hydrogens (primary N) is 2. The maximum Gasteiger partial charge on any atom is 0.200 e. The highest BCUT2D eigenvalue weighted by Gasteiger charge is 2.56. The Morgan fingerprint density at radius 1 is 1.71 bits per heavy atom. The number of nitroso groups, excluding NO2 is 1. The number of terminal acetylenes is 1. The fourth-order valence-electron chi connectivity index (χ4n) is 2.77. The molecule has 6 N–H and O–H groups in total. The van der Waals surface area contributed by atoms with Gasteiger partial charge >= 0.3 is 0 Å². The summed E-state index contributed by atoms with van der Waals surface area (Å²) in [4.78, 5) is 21.7. The quantitative estimate of drug-likeness (QED) is 0.337. The van der Waals surface area contributed by atoms with Gasteiger partial charge < -0.3 is 26.3 Å². The van der Waals surface area contributed by atoms with Gasteiger partial charge in [-0.25, -0.2) is 9.97 Å². The van der Waals surface area contributed by atoms with Crippen molar-refractivity contribution in [1.82, 2.24) is 19.5 Å². The smallest absolute Gasteiger partial charge is 0.200 e. The van der Waals surface area contributed by atoms with Crippen LogP contribution in [0.3, 0.4) is 0 Å². The molecule has 0 radical (unpaired) electrons. The third kappa shape index (κ3) is 2.20. The van der Waals surface area contributed by atoms with Gasteiger partial charge in [0, 0.05) is 0 Å². The minimum atomic E-state index is -1.61. The molecule has 1 fully saturated rings. The normalized spacial score (nSPS) is 31.0. The average Bonchev–Trinajstić information content (AvgIpc) is 3.07. The Balaban J connectivity index is 2.16. The first-order chi connectivity index (χ1) is 11.3. The number of nitrogen functional groups attached to an aromatic ring is 1. The molecule has 0 saturated carbocycles. The van der Waals surface area contributed by atoms with E-state index in [0.29, 0.717) is 11.2 Å². The molecule has 2 aromatic heterocycles. The second-order valence-corrected chi connectivity index (χ2v) is 5.98.